The third-order valence-corrected chi connectivity index (χ3v) is 8.45. The van der Waals surface area contributed by atoms with E-state index in [9.17, 15) is 10.2 Å². The lowest BCUT2D eigenvalue weighted by Crippen LogP contribution is -2.44. The zero-order chi connectivity index (χ0) is 17.1. The van der Waals surface area contributed by atoms with Gasteiger partial charge in [0.15, 0.2) is 0 Å². The minimum Gasteiger partial charge on any atom is -0.396 e. The van der Waals surface area contributed by atoms with Gasteiger partial charge in [-0.1, -0.05) is 32.4 Å². The Morgan fingerprint density at radius 2 is 1.96 bits per heavy atom. The maximum absolute atomic E-state index is 10.1. The molecule has 0 saturated heterocycles. The molecule has 134 valence electrons. The van der Waals surface area contributed by atoms with E-state index in [2.05, 4.69) is 26.8 Å². The topological polar surface area (TPSA) is 40.5 Å². The van der Waals surface area contributed by atoms with Crippen LogP contribution in [-0.2, 0) is 0 Å². The Hall–Kier alpha value is -0.600. The molecule has 0 aliphatic heterocycles. The van der Waals surface area contributed by atoms with Crippen molar-refractivity contribution < 1.29 is 10.2 Å². The molecule has 0 aromatic heterocycles. The monoisotopic (exact) mass is 330 g/mol. The molecule has 6 atom stereocenters. The highest BCUT2D eigenvalue weighted by atomic mass is 16.3. The quantitative estimate of drug-likeness (QED) is 0.775. The normalized spacial score (nSPS) is 46.0. The van der Waals surface area contributed by atoms with Gasteiger partial charge in [-0.2, -0.15) is 0 Å². The third-order valence-electron chi connectivity index (χ3n) is 8.45. The minimum absolute atomic E-state index is 0.0699. The maximum atomic E-state index is 10.1. The lowest BCUT2D eigenvalue weighted by molar-refractivity contribution is 0.0219. The van der Waals surface area contributed by atoms with E-state index in [4.69, 9.17) is 0 Å². The van der Waals surface area contributed by atoms with E-state index in [1.54, 1.807) is 16.7 Å². The highest BCUT2D eigenvalue weighted by Crippen LogP contribution is 2.63. The van der Waals surface area contributed by atoms with Gasteiger partial charge < -0.3 is 10.2 Å². The van der Waals surface area contributed by atoms with Crippen LogP contribution in [0.2, 0.25) is 0 Å². The summed E-state index contributed by atoms with van der Waals surface area (Å²) in [6, 6.07) is 0. The molecule has 0 aromatic carbocycles. The van der Waals surface area contributed by atoms with Crippen LogP contribution in [0, 0.1) is 28.6 Å². The summed E-state index contributed by atoms with van der Waals surface area (Å²) in [4.78, 5) is 0. The van der Waals surface area contributed by atoms with E-state index >= 15 is 0 Å². The van der Waals surface area contributed by atoms with Crippen LogP contribution < -0.4 is 0 Å². The summed E-state index contributed by atoms with van der Waals surface area (Å²) in [7, 11) is 0. The molecule has 0 bridgehead atoms. The van der Waals surface area contributed by atoms with Crippen molar-refractivity contribution in [3.8, 4) is 0 Å². The molecular weight excluding hydrogens is 296 g/mol. The van der Waals surface area contributed by atoms with E-state index in [1.165, 1.54) is 25.7 Å². The first-order valence-corrected chi connectivity index (χ1v) is 10.1. The van der Waals surface area contributed by atoms with Gasteiger partial charge in [0, 0.05) is 6.61 Å². The molecule has 0 aromatic rings. The fourth-order valence-corrected chi connectivity index (χ4v) is 6.86. The Balaban J connectivity index is 1.70. The first-order valence-electron chi connectivity index (χ1n) is 10.1. The molecule has 4 rings (SSSR count). The van der Waals surface area contributed by atoms with Gasteiger partial charge in [0.25, 0.3) is 0 Å². The first kappa shape index (κ1) is 16.8. The van der Waals surface area contributed by atoms with Gasteiger partial charge in [-0.3, -0.25) is 0 Å². The number of aliphatic hydroxyl groups is 2. The van der Waals surface area contributed by atoms with E-state index in [0.29, 0.717) is 29.8 Å². The fraction of sp³-hybridized carbons (Fsp3) is 0.818. The second-order valence-electron chi connectivity index (χ2n) is 9.58. The predicted molar refractivity (Wildman–Crippen MR) is 97.5 cm³/mol. The Morgan fingerprint density at radius 1 is 1.17 bits per heavy atom. The van der Waals surface area contributed by atoms with Crippen molar-refractivity contribution in [3.63, 3.8) is 0 Å². The molecule has 4 aliphatic rings. The van der Waals surface area contributed by atoms with E-state index in [1.807, 2.05) is 0 Å². The van der Waals surface area contributed by atoms with Crippen LogP contribution in [0.5, 0.6) is 0 Å². The van der Waals surface area contributed by atoms with Crippen LogP contribution in [0.3, 0.4) is 0 Å². The molecule has 24 heavy (non-hydrogen) atoms. The third kappa shape index (κ3) is 2.22. The van der Waals surface area contributed by atoms with Crippen LogP contribution in [0.4, 0.5) is 0 Å². The molecule has 2 unspecified atom stereocenters. The van der Waals surface area contributed by atoms with Crippen molar-refractivity contribution in [3.05, 3.63) is 22.8 Å². The Labute approximate surface area is 147 Å². The summed E-state index contributed by atoms with van der Waals surface area (Å²) < 4.78 is 0. The lowest BCUT2D eigenvalue weighted by atomic mass is 9.51. The van der Waals surface area contributed by atoms with Gasteiger partial charge in [0.2, 0.25) is 0 Å². The van der Waals surface area contributed by atoms with Crippen molar-refractivity contribution in [2.24, 2.45) is 28.6 Å². The molecule has 0 amide bonds. The van der Waals surface area contributed by atoms with Gasteiger partial charge in [0.1, 0.15) is 0 Å². The van der Waals surface area contributed by atoms with Crippen molar-refractivity contribution >= 4 is 0 Å². The Kier molecular flexibility index (Phi) is 4.01. The van der Waals surface area contributed by atoms with Crippen molar-refractivity contribution in [1.29, 1.82) is 0 Å². The molecule has 4 aliphatic carbocycles. The number of rotatable bonds is 2. The molecule has 0 radical (unpaired) electrons. The van der Waals surface area contributed by atoms with Crippen molar-refractivity contribution in [2.45, 2.75) is 78.2 Å². The van der Waals surface area contributed by atoms with Crippen LogP contribution >= 0.6 is 0 Å². The molecule has 2 heteroatoms. The number of hydrogen-bond acceptors (Lipinski definition) is 2. The number of aliphatic hydroxyl groups excluding tert-OH is 2. The van der Waals surface area contributed by atoms with Crippen molar-refractivity contribution in [1.82, 2.24) is 0 Å². The summed E-state index contributed by atoms with van der Waals surface area (Å²) >= 11 is 0. The molecule has 0 heterocycles. The van der Waals surface area contributed by atoms with Gasteiger partial charge in [-0.25, -0.2) is 0 Å². The molecule has 1 saturated carbocycles. The molecule has 0 spiro atoms. The summed E-state index contributed by atoms with van der Waals surface area (Å²) in [6.07, 6.45) is 11.7. The highest BCUT2D eigenvalue weighted by molar-refractivity contribution is 5.49. The summed E-state index contributed by atoms with van der Waals surface area (Å²) in [5.41, 5.74) is 5.67. The molecule has 1 fully saturated rings. The van der Waals surface area contributed by atoms with Gasteiger partial charge in [-0.15, -0.1) is 0 Å². The largest absolute Gasteiger partial charge is 0.396 e. The predicted octanol–water partition coefficient (Wildman–Crippen LogP) is 4.62. The van der Waals surface area contributed by atoms with Crippen molar-refractivity contribution in [2.75, 3.05) is 6.61 Å². The first-order chi connectivity index (χ1) is 11.4. The van der Waals surface area contributed by atoms with Crippen LogP contribution in [0.1, 0.15) is 72.1 Å². The van der Waals surface area contributed by atoms with E-state index in [-0.39, 0.29) is 11.5 Å². The van der Waals surface area contributed by atoms with Gasteiger partial charge >= 0.3 is 0 Å². The van der Waals surface area contributed by atoms with Crippen LogP contribution in [0.25, 0.3) is 0 Å². The summed E-state index contributed by atoms with van der Waals surface area (Å²) in [5, 5.41) is 19.8. The van der Waals surface area contributed by atoms with E-state index < -0.39 is 0 Å². The SMILES string of the molecule is C[C@H](CO)[C@H]1CC=C2C3=C(CC[C@@]21C)[C@@]1(C)CCC(O)CC1CC3. The Bertz CT molecular complexity index is 589. The molecular formula is C22H34O2. The van der Waals surface area contributed by atoms with Crippen LogP contribution in [-0.4, -0.2) is 22.9 Å². The van der Waals surface area contributed by atoms with Gasteiger partial charge in [-0.05, 0) is 91.1 Å². The van der Waals surface area contributed by atoms with Crippen LogP contribution in [0.15, 0.2) is 22.8 Å². The number of fused-ring (bicyclic) bond motifs is 4. The molecule has 2 N–H and O–H groups in total. The summed E-state index contributed by atoms with van der Waals surface area (Å²) in [5.74, 6) is 1.67. The lowest BCUT2D eigenvalue weighted by Gasteiger charge is -2.53. The average Bonchev–Trinajstić information content (AvgIpc) is 2.92. The molecule has 2 nitrogen and oxygen atoms in total. The standard InChI is InChI=1S/C22H34O2/c1-14(13-23)18-6-7-19-17-5-4-15-12-16(24)8-10-21(15,2)20(17)9-11-22(18,19)3/h7,14-16,18,23-24H,4-6,8-13H2,1-3H3/t14-,15?,16?,18-,21+,22-/m1/s1. The summed E-state index contributed by atoms with van der Waals surface area (Å²) in [6.45, 7) is 7.48. The zero-order valence-corrected chi connectivity index (χ0v) is 15.6. The maximum Gasteiger partial charge on any atom is 0.0543 e. The minimum atomic E-state index is -0.0699. The number of hydrogen-bond donors (Lipinski definition) is 2. The van der Waals surface area contributed by atoms with Gasteiger partial charge in [0.05, 0.1) is 6.10 Å². The second kappa shape index (κ2) is 5.71. The van der Waals surface area contributed by atoms with E-state index in [0.717, 1.165) is 25.7 Å². The second-order valence-corrected chi connectivity index (χ2v) is 9.58. The Morgan fingerprint density at radius 3 is 2.71 bits per heavy atom. The highest BCUT2D eigenvalue weighted by Gasteiger charge is 2.52. The zero-order valence-electron chi connectivity index (χ0n) is 15.6. The fourth-order valence-electron chi connectivity index (χ4n) is 6.86. The smallest absolute Gasteiger partial charge is 0.0543 e. The number of allylic oxidation sites excluding steroid dienone is 4. The average molecular weight is 331 g/mol.